The molecule has 1 saturated heterocycles. The van der Waals surface area contributed by atoms with Crippen LogP contribution in [0.2, 0.25) is 0 Å². The van der Waals surface area contributed by atoms with E-state index in [2.05, 4.69) is 27.4 Å². The van der Waals surface area contributed by atoms with Gasteiger partial charge in [-0.25, -0.2) is 14.0 Å². The van der Waals surface area contributed by atoms with Crippen molar-refractivity contribution < 1.29 is 9.18 Å². The van der Waals surface area contributed by atoms with Gasteiger partial charge in [-0.1, -0.05) is 13.0 Å². The molecule has 184 valence electrons. The van der Waals surface area contributed by atoms with Crippen molar-refractivity contribution in [2.75, 3.05) is 38.0 Å². The minimum Gasteiger partial charge on any atom is -0.328 e. The largest absolute Gasteiger partial charge is 0.354 e. The third-order valence-corrected chi connectivity index (χ3v) is 6.80. The molecule has 1 aliphatic carbocycles. The summed E-state index contributed by atoms with van der Waals surface area (Å²) in [5, 5.41) is 5.84. The van der Waals surface area contributed by atoms with Crippen LogP contribution in [0.5, 0.6) is 0 Å². The topological polar surface area (TPSA) is 109 Å². The van der Waals surface area contributed by atoms with E-state index >= 15 is 4.39 Å². The lowest BCUT2D eigenvalue weighted by Gasteiger charge is -2.35. The number of hydrogen-bond donors (Lipinski definition) is 3. The van der Waals surface area contributed by atoms with E-state index < -0.39 is 5.69 Å². The first kappa shape index (κ1) is 24.3. The number of nitrogens with one attached hydrogen (secondary N) is 2. The number of rotatable bonds is 6. The summed E-state index contributed by atoms with van der Waals surface area (Å²) in [7, 11) is 0. The highest BCUT2D eigenvalue weighted by atomic mass is 19.1. The molecule has 1 aromatic carbocycles. The number of piperazine rings is 1. The van der Waals surface area contributed by atoms with Crippen LogP contribution in [0.4, 0.5) is 15.0 Å². The Hall–Kier alpha value is -2.82. The first-order valence-electron chi connectivity index (χ1n) is 12.1. The highest BCUT2D eigenvalue weighted by Gasteiger charge is 2.24. The van der Waals surface area contributed by atoms with Crippen LogP contribution in [-0.4, -0.2) is 70.2 Å². The first-order chi connectivity index (χ1) is 16.4. The fourth-order valence-corrected chi connectivity index (χ4v) is 4.72. The first-order valence-corrected chi connectivity index (χ1v) is 12.1. The van der Waals surface area contributed by atoms with Gasteiger partial charge in [0.1, 0.15) is 11.6 Å². The van der Waals surface area contributed by atoms with Crippen LogP contribution < -0.4 is 22.1 Å². The summed E-state index contributed by atoms with van der Waals surface area (Å²) in [4.78, 5) is 32.8. The van der Waals surface area contributed by atoms with E-state index in [9.17, 15) is 9.59 Å². The van der Waals surface area contributed by atoms with E-state index in [1.54, 1.807) is 23.1 Å². The van der Waals surface area contributed by atoms with E-state index in [1.807, 2.05) is 0 Å². The number of amides is 2. The second-order valence-corrected chi connectivity index (χ2v) is 9.04. The Kier molecular flexibility index (Phi) is 7.91. The van der Waals surface area contributed by atoms with Crippen LogP contribution in [0, 0.1) is 5.82 Å². The van der Waals surface area contributed by atoms with Crippen molar-refractivity contribution in [1.82, 2.24) is 24.7 Å². The van der Waals surface area contributed by atoms with Crippen LogP contribution in [0.15, 0.2) is 35.3 Å². The number of aromatic nitrogens is 2. The van der Waals surface area contributed by atoms with Gasteiger partial charge in [0.25, 0.3) is 0 Å². The number of nitrogens with zero attached hydrogens (tertiary/aromatic N) is 4. The Morgan fingerprint density at radius 3 is 2.62 bits per heavy atom. The molecule has 2 heterocycles. The van der Waals surface area contributed by atoms with Gasteiger partial charge in [0.05, 0.1) is 5.69 Å². The Bertz CT molecular complexity index is 1050. The predicted octanol–water partition coefficient (Wildman–Crippen LogP) is 1.90. The second kappa shape index (κ2) is 11.1. The van der Waals surface area contributed by atoms with Gasteiger partial charge in [0.2, 0.25) is 0 Å². The van der Waals surface area contributed by atoms with Crippen molar-refractivity contribution in [3.05, 3.63) is 52.3 Å². The summed E-state index contributed by atoms with van der Waals surface area (Å²) in [5.41, 5.74) is 6.44. The van der Waals surface area contributed by atoms with E-state index in [0.717, 1.165) is 45.3 Å². The zero-order valence-electron chi connectivity index (χ0n) is 19.7. The second-order valence-electron chi connectivity index (χ2n) is 9.04. The van der Waals surface area contributed by atoms with Crippen molar-refractivity contribution in [3.63, 3.8) is 0 Å². The maximum atomic E-state index is 15.0. The molecular formula is C24H34FN7O2. The van der Waals surface area contributed by atoms with Gasteiger partial charge in [0.15, 0.2) is 0 Å². The molecule has 0 radical (unpaired) electrons. The lowest BCUT2D eigenvalue weighted by atomic mass is 9.90. The maximum Gasteiger partial charge on any atom is 0.354 e. The van der Waals surface area contributed by atoms with Gasteiger partial charge in [-0.15, -0.1) is 0 Å². The Labute approximate surface area is 199 Å². The van der Waals surface area contributed by atoms with Gasteiger partial charge in [-0.3, -0.25) is 14.8 Å². The summed E-state index contributed by atoms with van der Waals surface area (Å²) in [6, 6.07) is 6.77. The number of hydrogen-bond acceptors (Lipinski definition) is 6. The fourth-order valence-electron chi connectivity index (χ4n) is 4.72. The standard InChI is InChI=1S/C24H34FN7O2/c1-2-30(19-7-4-18(26)5-8-19)16-17-3-6-20(15-21(17)25)32-12-9-22(29-24(32)34)28-23(33)31-13-10-27-11-14-31/h3,6,9,12,15,18-19,27H,2,4-5,7-8,10-11,13-14,16,26H2,1H3,(H,28,29,33,34). The van der Waals surface area contributed by atoms with Gasteiger partial charge in [-0.2, -0.15) is 4.98 Å². The lowest BCUT2D eigenvalue weighted by Crippen LogP contribution is -2.48. The number of carbonyl (C=O) groups is 1. The molecule has 2 aliphatic rings. The molecule has 10 heteroatoms. The maximum absolute atomic E-state index is 15.0. The van der Waals surface area contributed by atoms with Crippen molar-refractivity contribution in [2.24, 2.45) is 5.73 Å². The molecule has 4 rings (SSSR count). The molecule has 2 aromatic rings. The van der Waals surface area contributed by atoms with Crippen LogP contribution in [-0.2, 0) is 6.54 Å². The molecule has 0 unspecified atom stereocenters. The van der Waals surface area contributed by atoms with E-state index in [1.165, 1.54) is 16.8 Å². The quantitative estimate of drug-likeness (QED) is 0.594. The highest BCUT2D eigenvalue weighted by molar-refractivity contribution is 5.88. The summed E-state index contributed by atoms with van der Waals surface area (Å²) in [6.45, 7) is 6.10. The molecule has 9 nitrogen and oxygen atoms in total. The molecule has 1 saturated carbocycles. The minimum atomic E-state index is -0.584. The molecule has 4 N–H and O–H groups in total. The lowest BCUT2D eigenvalue weighted by molar-refractivity contribution is 0.148. The third-order valence-electron chi connectivity index (χ3n) is 6.80. The summed E-state index contributed by atoms with van der Waals surface area (Å²) in [5.74, 6) is -0.181. The third kappa shape index (κ3) is 5.81. The molecule has 2 amide bonds. The molecule has 34 heavy (non-hydrogen) atoms. The van der Waals surface area contributed by atoms with Gasteiger partial charge < -0.3 is 16.0 Å². The normalized spacial score (nSPS) is 21.0. The molecule has 0 atom stereocenters. The monoisotopic (exact) mass is 471 g/mol. The minimum absolute atomic E-state index is 0.174. The van der Waals surface area contributed by atoms with Crippen molar-refractivity contribution >= 4 is 11.8 Å². The number of urea groups is 1. The van der Waals surface area contributed by atoms with Crippen LogP contribution in [0.25, 0.3) is 5.69 Å². The number of benzene rings is 1. The van der Waals surface area contributed by atoms with Gasteiger partial charge in [-0.05, 0) is 50.4 Å². The fraction of sp³-hybridized carbons (Fsp3) is 0.542. The predicted molar refractivity (Wildman–Crippen MR) is 130 cm³/mol. The summed E-state index contributed by atoms with van der Waals surface area (Å²) >= 11 is 0. The van der Waals surface area contributed by atoms with E-state index in [4.69, 9.17) is 5.73 Å². The highest BCUT2D eigenvalue weighted by Crippen LogP contribution is 2.24. The van der Waals surface area contributed by atoms with Crippen LogP contribution in [0.1, 0.15) is 38.2 Å². The number of halogens is 1. The Morgan fingerprint density at radius 2 is 1.97 bits per heavy atom. The van der Waals surface area contributed by atoms with E-state index in [-0.39, 0.29) is 23.7 Å². The van der Waals surface area contributed by atoms with Crippen molar-refractivity contribution in [1.29, 1.82) is 0 Å². The number of nitrogens with two attached hydrogens (primary N) is 1. The average molecular weight is 472 g/mol. The molecule has 1 aromatic heterocycles. The molecule has 0 bridgehead atoms. The van der Waals surface area contributed by atoms with E-state index in [0.29, 0.717) is 36.9 Å². The molecular weight excluding hydrogens is 437 g/mol. The molecule has 0 spiro atoms. The molecule has 2 fully saturated rings. The zero-order valence-corrected chi connectivity index (χ0v) is 19.7. The summed E-state index contributed by atoms with van der Waals surface area (Å²) < 4.78 is 16.3. The SMILES string of the molecule is CCN(Cc1ccc(-n2ccc(NC(=O)N3CCNCC3)nc2=O)cc1F)C1CCC(N)CC1. The van der Waals surface area contributed by atoms with Crippen molar-refractivity contribution in [3.8, 4) is 5.69 Å². The summed E-state index contributed by atoms with van der Waals surface area (Å²) in [6.07, 6.45) is 5.58. The smallest absolute Gasteiger partial charge is 0.328 e. The van der Waals surface area contributed by atoms with Crippen LogP contribution in [0.3, 0.4) is 0 Å². The Morgan fingerprint density at radius 1 is 1.24 bits per heavy atom. The zero-order chi connectivity index (χ0) is 24.1. The molecule has 1 aliphatic heterocycles. The average Bonchev–Trinajstić information content (AvgIpc) is 2.84. The van der Waals surface area contributed by atoms with Crippen LogP contribution >= 0.6 is 0 Å². The van der Waals surface area contributed by atoms with Crippen molar-refractivity contribution in [2.45, 2.75) is 51.2 Å². The van der Waals surface area contributed by atoms with Gasteiger partial charge >= 0.3 is 11.7 Å². The van der Waals surface area contributed by atoms with Gasteiger partial charge in [0, 0.05) is 56.6 Å². The number of carbonyl (C=O) groups excluding carboxylic acids is 1. The Balaban J connectivity index is 1.43. The number of anilines is 1.